The highest BCUT2D eigenvalue weighted by molar-refractivity contribution is 6.07. The molecule has 220 valence electrons. The summed E-state index contributed by atoms with van der Waals surface area (Å²) in [7, 11) is 1.55. The first-order chi connectivity index (χ1) is 20.2. The van der Waals surface area contributed by atoms with Gasteiger partial charge >= 0.3 is 0 Å². The number of hydrogen-bond acceptors (Lipinski definition) is 6. The maximum absolute atomic E-state index is 15.9. The third-order valence-electron chi connectivity index (χ3n) is 7.29. The van der Waals surface area contributed by atoms with E-state index in [1.54, 1.807) is 24.2 Å². The summed E-state index contributed by atoms with van der Waals surface area (Å²) in [4.78, 5) is 43.5. The van der Waals surface area contributed by atoms with E-state index in [2.05, 4.69) is 21.5 Å². The molecule has 0 saturated carbocycles. The summed E-state index contributed by atoms with van der Waals surface area (Å²) < 4.78 is 30.9. The largest absolute Gasteiger partial charge is 0.507 e. The molecular formula is C31H34F2N6O3. The van der Waals surface area contributed by atoms with Crippen LogP contribution in [0.4, 0.5) is 20.3 Å². The number of anilines is 2. The zero-order chi connectivity index (χ0) is 30.6. The van der Waals surface area contributed by atoms with Crippen molar-refractivity contribution < 1.29 is 23.5 Å². The first-order valence-electron chi connectivity index (χ1n) is 13.7. The van der Waals surface area contributed by atoms with Crippen LogP contribution in [0.3, 0.4) is 0 Å². The molecule has 3 aromatic rings. The van der Waals surface area contributed by atoms with Crippen LogP contribution in [-0.2, 0) is 16.0 Å². The molecule has 1 aliphatic heterocycles. The lowest BCUT2D eigenvalue weighted by molar-refractivity contribution is -0.128. The molecule has 11 heteroatoms. The Hall–Kier alpha value is -4.67. The van der Waals surface area contributed by atoms with Gasteiger partial charge in [-0.2, -0.15) is 0 Å². The number of pyridine rings is 2. The average molecular weight is 577 g/mol. The highest BCUT2D eigenvalue weighted by Crippen LogP contribution is 2.38. The smallest absolute Gasteiger partial charge is 0.246 e. The molecule has 1 aromatic carbocycles. The van der Waals surface area contributed by atoms with Crippen molar-refractivity contribution in [2.75, 3.05) is 31.6 Å². The fraction of sp³-hybridized carbons (Fsp3) is 0.323. The number of aromatic hydroxyl groups is 1. The molecule has 0 radical (unpaired) electrons. The van der Waals surface area contributed by atoms with Crippen LogP contribution in [0.15, 0.2) is 54.2 Å². The van der Waals surface area contributed by atoms with Crippen LogP contribution in [0, 0.1) is 18.6 Å². The number of hydrogen-bond donors (Lipinski definition) is 1. The van der Waals surface area contributed by atoms with Gasteiger partial charge in [-0.3, -0.25) is 24.5 Å². The van der Waals surface area contributed by atoms with Crippen molar-refractivity contribution in [2.24, 2.45) is 4.99 Å². The van der Waals surface area contributed by atoms with E-state index in [0.717, 1.165) is 24.1 Å². The molecule has 42 heavy (non-hydrogen) atoms. The zero-order valence-electron chi connectivity index (χ0n) is 24.1. The number of aromatic nitrogens is 2. The van der Waals surface area contributed by atoms with Gasteiger partial charge in [0.1, 0.15) is 23.1 Å². The van der Waals surface area contributed by atoms with Crippen LogP contribution < -0.4 is 4.90 Å². The average Bonchev–Trinajstić information content (AvgIpc) is 2.97. The van der Waals surface area contributed by atoms with E-state index < -0.39 is 28.6 Å². The minimum atomic E-state index is -0.911. The van der Waals surface area contributed by atoms with E-state index in [-0.39, 0.29) is 23.3 Å². The number of aliphatic imine (C=N–C) groups is 1. The second-order valence-electron chi connectivity index (χ2n) is 10.1. The van der Waals surface area contributed by atoms with E-state index in [9.17, 15) is 19.1 Å². The number of halogens is 2. The van der Waals surface area contributed by atoms with Gasteiger partial charge in [-0.15, -0.1) is 0 Å². The minimum absolute atomic E-state index is 0.00472. The lowest BCUT2D eigenvalue weighted by Gasteiger charge is -2.41. The van der Waals surface area contributed by atoms with Gasteiger partial charge in [0, 0.05) is 38.9 Å². The number of phenols is 1. The predicted molar refractivity (Wildman–Crippen MR) is 158 cm³/mol. The number of amides is 2. The molecule has 0 spiro atoms. The van der Waals surface area contributed by atoms with Gasteiger partial charge in [0.15, 0.2) is 11.6 Å². The van der Waals surface area contributed by atoms with Crippen LogP contribution in [0.5, 0.6) is 5.75 Å². The van der Waals surface area contributed by atoms with Gasteiger partial charge in [0.25, 0.3) is 0 Å². The summed E-state index contributed by atoms with van der Waals surface area (Å²) in [5.74, 6) is -2.14. The molecule has 1 fully saturated rings. The molecule has 0 aliphatic carbocycles. The first kappa shape index (κ1) is 30.3. The van der Waals surface area contributed by atoms with Crippen molar-refractivity contribution in [3.63, 3.8) is 0 Å². The summed E-state index contributed by atoms with van der Waals surface area (Å²) in [6.45, 7) is 10.4. The SMILES string of the molecule is C=CC(=O)N1CCN(/C(=N/C)c2cc(F)c(-c3c(O)cccc3F)nc2N(C=O)c2c(C)ccnc2CCC)C(C)C1. The van der Waals surface area contributed by atoms with Gasteiger partial charge in [0.05, 0.1) is 22.5 Å². The second-order valence-corrected chi connectivity index (χ2v) is 10.1. The fourth-order valence-corrected chi connectivity index (χ4v) is 5.32. The number of carbonyl (C=O) groups is 2. The van der Waals surface area contributed by atoms with Crippen LogP contribution in [0.1, 0.15) is 37.1 Å². The van der Waals surface area contributed by atoms with Gasteiger partial charge < -0.3 is 14.9 Å². The topological polar surface area (TPSA) is 102 Å². The summed E-state index contributed by atoms with van der Waals surface area (Å²) >= 11 is 0. The molecule has 0 bridgehead atoms. The number of phenolic OH excluding ortho intramolecular Hbond substituents is 1. The molecule has 4 rings (SSSR count). The van der Waals surface area contributed by atoms with Crippen molar-refractivity contribution in [3.05, 3.63) is 77.6 Å². The van der Waals surface area contributed by atoms with E-state index in [1.165, 1.54) is 23.1 Å². The molecule has 1 N–H and O–H groups in total. The van der Waals surface area contributed by atoms with Crippen LogP contribution in [0.25, 0.3) is 11.3 Å². The standard InChI is InChI=1S/C31H34F2N6O3/c1-6-9-24-29(19(3)12-13-35-24)39(18-40)31-21(16-23(33)28(36-31)27-22(32)10-8-11-25(27)41)30(34-5)38-15-14-37(17-20(38)4)26(42)7-2/h7-8,10-13,16,18,20,41H,2,6,9,14-15,17H2,1,3-5H3/b34-30+. The van der Waals surface area contributed by atoms with Crippen LogP contribution in [0.2, 0.25) is 0 Å². The number of nitrogens with zero attached hydrogens (tertiary/aromatic N) is 6. The number of benzene rings is 1. The third-order valence-corrected chi connectivity index (χ3v) is 7.29. The van der Waals surface area contributed by atoms with Crippen LogP contribution in [-0.4, -0.2) is 75.8 Å². The van der Waals surface area contributed by atoms with Crippen molar-refractivity contribution >= 4 is 29.7 Å². The number of aryl methyl sites for hydroxylation is 2. The Balaban J connectivity index is 1.96. The molecule has 2 aromatic heterocycles. The zero-order valence-corrected chi connectivity index (χ0v) is 24.1. The highest BCUT2D eigenvalue weighted by Gasteiger charge is 2.33. The molecule has 1 atom stereocenters. The fourth-order valence-electron chi connectivity index (χ4n) is 5.32. The quantitative estimate of drug-likeness (QED) is 0.179. The molecule has 1 saturated heterocycles. The van der Waals surface area contributed by atoms with Crippen molar-refractivity contribution in [1.82, 2.24) is 19.8 Å². The normalized spacial score (nSPS) is 15.5. The first-order valence-corrected chi connectivity index (χ1v) is 13.7. The third kappa shape index (κ3) is 5.72. The molecular weight excluding hydrogens is 542 g/mol. The Morgan fingerprint density at radius 2 is 2.02 bits per heavy atom. The number of carbonyl (C=O) groups excluding carboxylic acids is 2. The second kappa shape index (κ2) is 12.9. The summed E-state index contributed by atoms with van der Waals surface area (Å²) in [6.07, 6.45) is 4.79. The van der Waals surface area contributed by atoms with E-state index in [0.29, 0.717) is 49.7 Å². The Morgan fingerprint density at radius 1 is 1.26 bits per heavy atom. The Kier molecular flexibility index (Phi) is 9.29. The molecule has 1 aliphatic rings. The highest BCUT2D eigenvalue weighted by atomic mass is 19.1. The van der Waals surface area contributed by atoms with Gasteiger partial charge in [0.2, 0.25) is 12.3 Å². The van der Waals surface area contributed by atoms with Crippen molar-refractivity contribution in [1.29, 1.82) is 0 Å². The van der Waals surface area contributed by atoms with Crippen molar-refractivity contribution in [3.8, 4) is 17.0 Å². The molecule has 2 amide bonds. The Morgan fingerprint density at radius 3 is 2.64 bits per heavy atom. The molecule has 9 nitrogen and oxygen atoms in total. The van der Waals surface area contributed by atoms with E-state index in [1.807, 2.05) is 25.7 Å². The van der Waals surface area contributed by atoms with Gasteiger partial charge in [-0.1, -0.05) is 26.0 Å². The summed E-state index contributed by atoms with van der Waals surface area (Å²) in [6, 6.07) is 6.31. The monoisotopic (exact) mass is 576 g/mol. The molecule has 3 heterocycles. The Labute approximate surface area is 243 Å². The van der Waals surface area contributed by atoms with E-state index in [4.69, 9.17) is 0 Å². The maximum atomic E-state index is 15.9. The predicted octanol–water partition coefficient (Wildman–Crippen LogP) is 4.78. The van der Waals surface area contributed by atoms with Gasteiger partial charge in [-0.25, -0.2) is 13.8 Å². The number of rotatable bonds is 8. The number of piperazine rings is 1. The van der Waals surface area contributed by atoms with Gasteiger partial charge in [-0.05, 0) is 56.2 Å². The lowest BCUT2D eigenvalue weighted by atomic mass is 10.0. The van der Waals surface area contributed by atoms with Crippen LogP contribution >= 0.6 is 0 Å². The molecule has 1 unspecified atom stereocenters. The van der Waals surface area contributed by atoms with E-state index >= 15 is 4.39 Å². The Bertz CT molecular complexity index is 1520. The van der Waals surface area contributed by atoms with Crippen molar-refractivity contribution in [2.45, 2.75) is 39.7 Å². The summed E-state index contributed by atoms with van der Waals surface area (Å²) in [5, 5.41) is 10.5. The lowest BCUT2D eigenvalue weighted by Crippen LogP contribution is -2.55. The summed E-state index contributed by atoms with van der Waals surface area (Å²) in [5.41, 5.74) is 1.14. The number of amidine groups is 1. The maximum Gasteiger partial charge on any atom is 0.246 e. The minimum Gasteiger partial charge on any atom is -0.507 e.